The van der Waals surface area contributed by atoms with Gasteiger partial charge in [-0.05, 0) is 72.8 Å². The minimum atomic E-state index is -0.155. The molecule has 0 aromatic heterocycles. The quantitative estimate of drug-likeness (QED) is 0.788. The number of carbonyl (C=O) groups is 1. The molecule has 0 unspecified atom stereocenters. The normalized spacial score (nSPS) is 36.7. The molecule has 0 amide bonds. The van der Waals surface area contributed by atoms with Gasteiger partial charge >= 0.3 is 5.97 Å². The fourth-order valence-corrected chi connectivity index (χ4v) is 5.68. The first kappa shape index (κ1) is 13.4. The Kier molecular flexibility index (Phi) is 3.09. The minimum Gasteiger partial charge on any atom is -0.469 e. The topological polar surface area (TPSA) is 26.3 Å². The van der Waals surface area contributed by atoms with Gasteiger partial charge in [0, 0.05) is 0 Å². The maximum absolute atomic E-state index is 11.4. The molecule has 0 aliphatic heterocycles. The lowest BCUT2D eigenvalue weighted by atomic mass is 9.48. The molecule has 2 heteroatoms. The van der Waals surface area contributed by atoms with Crippen molar-refractivity contribution in [2.45, 2.75) is 50.4 Å². The molecule has 4 fully saturated rings. The van der Waals surface area contributed by atoms with E-state index < -0.39 is 0 Å². The lowest BCUT2D eigenvalue weighted by molar-refractivity contribution is -0.139. The van der Waals surface area contributed by atoms with Gasteiger partial charge in [0.1, 0.15) is 0 Å². The Morgan fingerprint density at radius 1 is 1.05 bits per heavy atom. The van der Waals surface area contributed by atoms with Crippen LogP contribution in [0.4, 0.5) is 0 Å². The molecule has 5 rings (SSSR count). The molecule has 0 N–H and O–H groups in total. The number of carbonyl (C=O) groups excluding carboxylic acids is 1. The largest absolute Gasteiger partial charge is 0.469 e. The molecule has 4 aliphatic rings. The average Bonchev–Trinajstić information content (AvgIpc) is 2.46. The molecule has 2 nitrogen and oxygen atoms in total. The van der Waals surface area contributed by atoms with Gasteiger partial charge in [-0.2, -0.15) is 0 Å². The number of hydrogen-bond donors (Lipinski definition) is 0. The summed E-state index contributed by atoms with van der Waals surface area (Å²) in [6.45, 7) is 0. The molecule has 0 saturated heterocycles. The van der Waals surface area contributed by atoms with E-state index in [1.807, 2.05) is 0 Å². The van der Waals surface area contributed by atoms with Gasteiger partial charge in [0.2, 0.25) is 0 Å². The van der Waals surface area contributed by atoms with Crippen LogP contribution in [0.1, 0.15) is 49.7 Å². The first-order valence-corrected chi connectivity index (χ1v) is 8.33. The predicted octanol–water partition coefficient (Wildman–Crippen LogP) is 3.87. The van der Waals surface area contributed by atoms with Crippen molar-refractivity contribution < 1.29 is 9.53 Å². The summed E-state index contributed by atoms with van der Waals surface area (Å²) in [4.78, 5) is 11.4. The number of methoxy groups -OCH3 is 1. The van der Waals surface area contributed by atoms with E-state index in [9.17, 15) is 4.79 Å². The van der Waals surface area contributed by atoms with Crippen molar-refractivity contribution in [1.82, 2.24) is 0 Å². The number of hydrogen-bond acceptors (Lipinski definition) is 2. The van der Waals surface area contributed by atoms with Gasteiger partial charge in [-0.1, -0.05) is 24.3 Å². The van der Waals surface area contributed by atoms with E-state index in [0.29, 0.717) is 11.8 Å². The Hall–Kier alpha value is -1.31. The molecule has 4 aliphatic carbocycles. The Morgan fingerprint density at radius 2 is 1.57 bits per heavy atom. The summed E-state index contributed by atoms with van der Waals surface area (Å²) >= 11 is 0. The molecule has 1 aromatic carbocycles. The summed E-state index contributed by atoms with van der Waals surface area (Å²) in [5, 5.41) is 0. The van der Waals surface area contributed by atoms with Crippen LogP contribution in [0.5, 0.6) is 0 Å². The summed E-state index contributed by atoms with van der Waals surface area (Å²) in [7, 11) is 1.45. The van der Waals surface area contributed by atoms with Crippen molar-refractivity contribution in [2.75, 3.05) is 7.11 Å². The van der Waals surface area contributed by atoms with Crippen LogP contribution in [0.15, 0.2) is 24.3 Å². The number of benzene rings is 1. The molecule has 4 bridgehead atoms. The van der Waals surface area contributed by atoms with Crippen molar-refractivity contribution in [3.05, 3.63) is 35.4 Å². The van der Waals surface area contributed by atoms with Crippen molar-refractivity contribution >= 4 is 5.97 Å². The van der Waals surface area contributed by atoms with Gasteiger partial charge in [-0.15, -0.1) is 0 Å². The van der Waals surface area contributed by atoms with E-state index in [0.717, 1.165) is 23.3 Å². The first-order chi connectivity index (χ1) is 10.2. The maximum Gasteiger partial charge on any atom is 0.309 e. The third-order valence-electron chi connectivity index (χ3n) is 6.18. The highest BCUT2D eigenvalue weighted by molar-refractivity contribution is 5.72. The van der Waals surface area contributed by atoms with Crippen LogP contribution in [-0.4, -0.2) is 13.1 Å². The Morgan fingerprint density at radius 3 is 2.05 bits per heavy atom. The lowest BCUT2D eigenvalue weighted by Crippen LogP contribution is -2.48. The standard InChI is InChI=1S/C19H24O2/c1-21-18(20)9-13-2-4-17(5-3-13)19-10-14-6-15(11-19)8-16(7-14)12-19/h2-5,14-16H,6-12H2,1H3. The van der Waals surface area contributed by atoms with Crippen LogP contribution in [-0.2, 0) is 21.4 Å². The summed E-state index contributed by atoms with van der Waals surface area (Å²) in [5.41, 5.74) is 3.05. The zero-order valence-electron chi connectivity index (χ0n) is 12.8. The van der Waals surface area contributed by atoms with Crippen LogP contribution in [0, 0.1) is 17.8 Å². The van der Waals surface area contributed by atoms with E-state index in [-0.39, 0.29) is 5.97 Å². The summed E-state index contributed by atoms with van der Waals surface area (Å²) in [5.74, 6) is 2.78. The Balaban J connectivity index is 1.57. The Labute approximate surface area is 126 Å². The summed E-state index contributed by atoms with van der Waals surface area (Å²) in [6.07, 6.45) is 9.04. The van der Waals surface area contributed by atoms with Crippen molar-refractivity contribution in [3.63, 3.8) is 0 Å². The molecule has 21 heavy (non-hydrogen) atoms. The number of esters is 1. The van der Waals surface area contributed by atoms with Gasteiger partial charge in [-0.25, -0.2) is 0 Å². The lowest BCUT2D eigenvalue weighted by Gasteiger charge is -2.57. The molecule has 0 heterocycles. The second kappa shape index (κ2) is 4.86. The van der Waals surface area contributed by atoms with Crippen LogP contribution in [0.25, 0.3) is 0 Å². The molecule has 4 saturated carbocycles. The summed E-state index contributed by atoms with van der Waals surface area (Å²) < 4.78 is 4.75. The molecular formula is C19H24O2. The van der Waals surface area contributed by atoms with E-state index >= 15 is 0 Å². The van der Waals surface area contributed by atoms with Crippen molar-refractivity contribution in [1.29, 1.82) is 0 Å². The van der Waals surface area contributed by atoms with E-state index in [4.69, 9.17) is 4.74 Å². The van der Waals surface area contributed by atoms with Gasteiger partial charge < -0.3 is 4.74 Å². The minimum absolute atomic E-state index is 0.155. The average molecular weight is 284 g/mol. The summed E-state index contributed by atoms with van der Waals surface area (Å²) in [6, 6.07) is 8.83. The fourth-order valence-electron chi connectivity index (χ4n) is 5.68. The SMILES string of the molecule is COC(=O)Cc1ccc(C23CC4CC(CC(C4)C2)C3)cc1. The van der Waals surface area contributed by atoms with Gasteiger partial charge in [0.05, 0.1) is 13.5 Å². The third kappa shape index (κ3) is 2.29. The maximum atomic E-state index is 11.4. The molecule has 112 valence electrons. The van der Waals surface area contributed by atoms with E-state index in [2.05, 4.69) is 24.3 Å². The van der Waals surface area contributed by atoms with Crippen molar-refractivity contribution in [2.24, 2.45) is 17.8 Å². The van der Waals surface area contributed by atoms with E-state index in [1.54, 1.807) is 0 Å². The molecule has 0 radical (unpaired) electrons. The zero-order chi connectivity index (χ0) is 14.4. The van der Waals surface area contributed by atoms with Crippen molar-refractivity contribution in [3.8, 4) is 0 Å². The van der Waals surface area contributed by atoms with Gasteiger partial charge in [0.25, 0.3) is 0 Å². The first-order valence-electron chi connectivity index (χ1n) is 8.33. The second-order valence-electron chi connectivity index (χ2n) is 7.65. The second-order valence-corrected chi connectivity index (χ2v) is 7.65. The van der Waals surface area contributed by atoms with Crippen LogP contribution < -0.4 is 0 Å². The highest BCUT2D eigenvalue weighted by Crippen LogP contribution is 2.60. The van der Waals surface area contributed by atoms with Gasteiger partial charge in [0.15, 0.2) is 0 Å². The zero-order valence-corrected chi connectivity index (χ0v) is 12.8. The smallest absolute Gasteiger partial charge is 0.309 e. The monoisotopic (exact) mass is 284 g/mol. The fraction of sp³-hybridized carbons (Fsp3) is 0.632. The molecule has 0 atom stereocenters. The number of ether oxygens (including phenoxy) is 1. The highest BCUT2D eigenvalue weighted by Gasteiger charge is 2.51. The Bertz CT molecular complexity index is 508. The number of rotatable bonds is 3. The van der Waals surface area contributed by atoms with Crippen LogP contribution in [0.2, 0.25) is 0 Å². The van der Waals surface area contributed by atoms with Crippen LogP contribution >= 0.6 is 0 Å². The molecular weight excluding hydrogens is 260 g/mol. The van der Waals surface area contributed by atoms with Gasteiger partial charge in [-0.3, -0.25) is 4.79 Å². The van der Waals surface area contributed by atoms with Crippen LogP contribution in [0.3, 0.4) is 0 Å². The molecule has 0 spiro atoms. The third-order valence-corrected chi connectivity index (χ3v) is 6.18. The highest BCUT2D eigenvalue weighted by atomic mass is 16.5. The predicted molar refractivity (Wildman–Crippen MR) is 82.0 cm³/mol. The van der Waals surface area contributed by atoms with E-state index in [1.165, 1.54) is 51.2 Å². The molecule has 1 aromatic rings.